The Kier molecular flexibility index (Phi) is 5.45. The van der Waals surface area contributed by atoms with Gasteiger partial charge >= 0.3 is 0 Å². The second-order valence-electron chi connectivity index (χ2n) is 7.07. The molecule has 2 aliphatic rings. The minimum atomic E-state index is 0.180. The molecule has 2 heterocycles. The molecule has 1 saturated heterocycles. The molecule has 2 fully saturated rings. The van der Waals surface area contributed by atoms with Crippen molar-refractivity contribution in [2.24, 2.45) is 11.8 Å². The summed E-state index contributed by atoms with van der Waals surface area (Å²) in [5.74, 6) is 2.07. The van der Waals surface area contributed by atoms with Gasteiger partial charge in [-0.15, -0.1) is 5.10 Å². The third-order valence-corrected chi connectivity index (χ3v) is 6.60. The summed E-state index contributed by atoms with van der Waals surface area (Å²) < 4.78 is 1.62. The molecule has 2 aromatic rings. The molecule has 1 aromatic carbocycles. The molecule has 1 amide bonds. The SMILES string of the molecule is O=C(CSc1nnnn1-c1cccc(Cl)c1)N1CC[C@H]2CCCC[C@H]2C1. The van der Waals surface area contributed by atoms with E-state index in [1.54, 1.807) is 16.8 Å². The van der Waals surface area contributed by atoms with E-state index in [0.29, 0.717) is 21.8 Å². The van der Waals surface area contributed by atoms with Gasteiger partial charge in [-0.25, -0.2) is 0 Å². The molecule has 138 valence electrons. The summed E-state index contributed by atoms with van der Waals surface area (Å²) in [7, 11) is 0. The van der Waals surface area contributed by atoms with Gasteiger partial charge in [-0.1, -0.05) is 48.7 Å². The summed E-state index contributed by atoms with van der Waals surface area (Å²) in [6.07, 6.45) is 6.44. The quantitative estimate of drug-likeness (QED) is 0.747. The molecule has 1 aromatic heterocycles. The van der Waals surface area contributed by atoms with Crippen LogP contribution < -0.4 is 0 Å². The molecular formula is C18H22ClN5OS. The Morgan fingerprint density at radius 3 is 2.92 bits per heavy atom. The van der Waals surface area contributed by atoms with E-state index in [1.807, 2.05) is 17.0 Å². The molecule has 0 spiro atoms. The summed E-state index contributed by atoms with van der Waals surface area (Å²) in [6, 6.07) is 7.35. The number of thioether (sulfide) groups is 1. The van der Waals surface area contributed by atoms with Crippen molar-refractivity contribution in [1.82, 2.24) is 25.1 Å². The second kappa shape index (κ2) is 7.96. The van der Waals surface area contributed by atoms with Gasteiger partial charge in [0.2, 0.25) is 11.1 Å². The number of likely N-dealkylation sites (tertiary alicyclic amines) is 1. The smallest absolute Gasteiger partial charge is 0.233 e. The van der Waals surface area contributed by atoms with Crippen LogP contribution in [0.5, 0.6) is 0 Å². The lowest BCUT2D eigenvalue weighted by Crippen LogP contribution is -2.45. The van der Waals surface area contributed by atoms with Gasteiger partial charge in [0.25, 0.3) is 0 Å². The van der Waals surface area contributed by atoms with Crippen molar-refractivity contribution in [1.29, 1.82) is 0 Å². The fraction of sp³-hybridized carbons (Fsp3) is 0.556. The highest BCUT2D eigenvalue weighted by Crippen LogP contribution is 2.36. The predicted molar refractivity (Wildman–Crippen MR) is 102 cm³/mol. The number of hydrogen-bond acceptors (Lipinski definition) is 5. The highest BCUT2D eigenvalue weighted by molar-refractivity contribution is 7.99. The first-order chi connectivity index (χ1) is 12.7. The molecule has 2 atom stereocenters. The van der Waals surface area contributed by atoms with Crippen molar-refractivity contribution in [3.8, 4) is 5.69 Å². The molecule has 4 rings (SSSR count). The number of carbonyl (C=O) groups is 1. The topological polar surface area (TPSA) is 63.9 Å². The van der Waals surface area contributed by atoms with E-state index in [-0.39, 0.29) is 5.91 Å². The third kappa shape index (κ3) is 3.88. The minimum Gasteiger partial charge on any atom is -0.342 e. The van der Waals surface area contributed by atoms with Gasteiger partial charge < -0.3 is 4.90 Å². The summed E-state index contributed by atoms with van der Waals surface area (Å²) in [4.78, 5) is 14.7. The molecule has 0 bridgehead atoms. The van der Waals surface area contributed by atoms with Crippen molar-refractivity contribution >= 4 is 29.3 Å². The number of benzene rings is 1. The number of halogens is 1. The Bertz CT molecular complexity index is 782. The van der Waals surface area contributed by atoms with Gasteiger partial charge in [0, 0.05) is 18.1 Å². The number of carbonyl (C=O) groups excluding carboxylic acids is 1. The van der Waals surface area contributed by atoms with E-state index < -0.39 is 0 Å². The fourth-order valence-corrected chi connectivity index (χ4v) is 5.06. The van der Waals surface area contributed by atoms with E-state index in [0.717, 1.165) is 31.1 Å². The van der Waals surface area contributed by atoms with Crippen LogP contribution in [0.1, 0.15) is 32.1 Å². The molecule has 1 aliphatic carbocycles. The highest BCUT2D eigenvalue weighted by atomic mass is 35.5. The number of amides is 1. The lowest BCUT2D eigenvalue weighted by Gasteiger charge is -2.41. The van der Waals surface area contributed by atoms with E-state index >= 15 is 0 Å². The Balaban J connectivity index is 1.37. The highest BCUT2D eigenvalue weighted by Gasteiger charge is 2.32. The molecule has 26 heavy (non-hydrogen) atoms. The van der Waals surface area contributed by atoms with Crippen LogP contribution >= 0.6 is 23.4 Å². The number of rotatable bonds is 4. The number of nitrogens with zero attached hydrogens (tertiary/aromatic N) is 5. The van der Waals surface area contributed by atoms with Crippen LogP contribution in [0, 0.1) is 11.8 Å². The van der Waals surface area contributed by atoms with Crippen molar-refractivity contribution in [3.63, 3.8) is 0 Å². The molecule has 1 saturated carbocycles. The Morgan fingerprint density at radius 1 is 1.23 bits per heavy atom. The van der Waals surface area contributed by atoms with Crippen molar-refractivity contribution in [3.05, 3.63) is 29.3 Å². The van der Waals surface area contributed by atoms with Crippen molar-refractivity contribution < 1.29 is 4.79 Å². The number of tetrazole rings is 1. The minimum absolute atomic E-state index is 0.180. The van der Waals surface area contributed by atoms with E-state index in [4.69, 9.17) is 11.6 Å². The number of aromatic nitrogens is 4. The zero-order valence-electron chi connectivity index (χ0n) is 14.6. The maximum absolute atomic E-state index is 12.7. The lowest BCUT2D eigenvalue weighted by atomic mass is 9.75. The van der Waals surface area contributed by atoms with Crippen LogP contribution in [0.25, 0.3) is 5.69 Å². The maximum Gasteiger partial charge on any atom is 0.233 e. The average molecular weight is 392 g/mol. The Morgan fingerprint density at radius 2 is 2.08 bits per heavy atom. The van der Waals surface area contributed by atoms with Crippen LogP contribution in [0.3, 0.4) is 0 Å². The lowest BCUT2D eigenvalue weighted by molar-refractivity contribution is -0.131. The zero-order chi connectivity index (χ0) is 17.9. The second-order valence-corrected chi connectivity index (χ2v) is 8.45. The molecular weight excluding hydrogens is 370 g/mol. The third-order valence-electron chi connectivity index (χ3n) is 5.46. The number of piperidine rings is 1. The maximum atomic E-state index is 12.7. The molecule has 8 heteroatoms. The zero-order valence-corrected chi connectivity index (χ0v) is 16.1. The van der Waals surface area contributed by atoms with Crippen LogP contribution in [0.15, 0.2) is 29.4 Å². The number of fused-ring (bicyclic) bond motifs is 1. The summed E-state index contributed by atoms with van der Waals surface area (Å²) >= 11 is 7.43. The van der Waals surface area contributed by atoms with Gasteiger partial charge in [0.05, 0.1) is 11.4 Å². The summed E-state index contributed by atoms with van der Waals surface area (Å²) in [5.41, 5.74) is 0.792. The number of hydrogen-bond donors (Lipinski definition) is 0. The first kappa shape index (κ1) is 17.8. The fourth-order valence-electron chi connectivity index (χ4n) is 4.08. The van der Waals surface area contributed by atoms with Crippen molar-refractivity contribution in [2.75, 3.05) is 18.8 Å². The molecule has 1 aliphatic heterocycles. The predicted octanol–water partition coefficient (Wildman–Crippen LogP) is 3.45. The van der Waals surface area contributed by atoms with Gasteiger partial charge in [-0.05, 0) is 53.3 Å². The Hall–Kier alpha value is -1.60. The van der Waals surface area contributed by atoms with Crippen molar-refractivity contribution in [2.45, 2.75) is 37.3 Å². The van der Waals surface area contributed by atoms with Gasteiger partial charge in [0.15, 0.2) is 0 Å². The molecule has 0 N–H and O–H groups in total. The van der Waals surface area contributed by atoms with Crippen LogP contribution in [-0.4, -0.2) is 49.9 Å². The largest absolute Gasteiger partial charge is 0.342 e. The van der Waals surface area contributed by atoms with Gasteiger partial charge in [-0.2, -0.15) is 4.68 Å². The average Bonchev–Trinajstić information content (AvgIpc) is 3.14. The van der Waals surface area contributed by atoms with E-state index in [2.05, 4.69) is 15.5 Å². The van der Waals surface area contributed by atoms with Crippen LogP contribution in [0.2, 0.25) is 5.02 Å². The van der Waals surface area contributed by atoms with Gasteiger partial charge in [-0.3, -0.25) is 4.79 Å². The van der Waals surface area contributed by atoms with Crippen LogP contribution in [0.4, 0.5) is 0 Å². The van der Waals surface area contributed by atoms with E-state index in [9.17, 15) is 4.79 Å². The molecule has 0 radical (unpaired) electrons. The van der Waals surface area contributed by atoms with Gasteiger partial charge in [0.1, 0.15) is 0 Å². The first-order valence-electron chi connectivity index (χ1n) is 9.15. The van der Waals surface area contributed by atoms with Crippen LogP contribution in [-0.2, 0) is 4.79 Å². The Labute approximate surface area is 162 Å². The summed E-state index contributed by atoms with van der Waals surface area (Å²) in [6.45, 7) is 1.81. The normalized spacial score (nSPS) is 22.9. The first-order valence-corrected chi connectivity index (χ1v) is 10.5. The standard InChI is InChI=1S/C18H22ClN5OS/c19-15-6-3-7-16(10-15)24-18(20-21-22-24)26-12-17(25)23-9-8-13-4-1-2-5-14(13)11-23/h3,6-7,10,13-14H,1-2,4-5,8-9,11-12H2/t13-,14+/m1/s1. The summed E-state index contributed by atoms with van der Waals surface area (Å²) in [5, 5.41) is 13.1. The monoisotopic (exact) mass is 391 g/mol. The molecule has 0 unspecified atom stereocenters. The molecule has 6 nitrogen and oxygen atoms in total. The van der Waals surface area contributed by atoms with E-state index in [1.165, 1.54) is 37.4 Å².